The van der Waals surface area contributed by atoms with Crippen LogP contribution >= 0.6 is 0 Å². The highest BCUT2D eigenvalue weighted by Gasteiger charge is 1.98. The zero-order chi connectivity index (χ0) is 8.85. The van der Waals surface area contributed by atoms with Crippen LogP contribution in [-0.2, 0) is 4.74 Å². The van der Waals surface area contributed by atoms with Crippen LogP contribution < -0.4 is 0 Å². The van der Waals surface area contributed by atoms with Gasteiger partial charge in [-0.3, -0.25) is 5.41 Å². The molecule has 0 aromatic rings. The van der Waals surface area contributed by atoms with Crippen LogP contribution in [0.15, 0.2) is 4.99 Å². The Morgan fingerprint density at radius 3 is 2.36 bits per heavy atom. The van der Waals surface area contributed by atoms with Crippen molar-refractivity contribution in [2.24, 2.45) is 4.99 Å². The molecule has 0 aliphatic heterocycles. The number of guanidine groups is 1. The maximum absolute atomic E-state index is 7.34. The second-order valence-electron chi connectivity index (χ2n) is 2.28. The lowest BCUT2D eigenvalue weighted by Gasteiger charge is -2.09. The maximum atomic E-state index is 7.34. The SMILES string of the molecule is CC/C(=N\C(=N)N(C)C)OC. The number of aliphatic imine (C=N–C) groups is 1. The molecule has 4 nitrogen and oxygen atoms in total. The van der Waals surface area contributed by atoms with Crippen molar-refractivity contribution in [2.45, 2.75) is 13.3 Å². The lowest BCUT2D eigenvalue weighted by Crippen LogP contribution is -2.20. The first kappa shape index (κ1) is 9.94. The minimum Gasteiger partial charge on any atom is -0.484 e. The first-order valence-electron chi connectivity index (χ1n) is 3.49. The number of methoxy groups -OCH3 is 1. The van der Waals surface area contributed by atoms with E-state index in [0.29, 0.717) is 12.3 Å². The summed E-state index contributed by atoms with van der Waals surface area (Å²) in [6, 6.07) is 0. The molecular weight excluding hydrogens is 142 g/mol. The van der Waals surface area contributed by atoms with Crippen molar-refractivity contribution < 1.29 is 4.74 Å². The fraction of sp³-hybridized carbons (Fsp3) is 0.714. The average Bonchev–Trinajstić information content (AvgIpc) is 1.99. The van der Waals surface area contributed by atoms with Crippen LogP contribution in [0.4, 0.5) is 0 Å². The molecule has 0 aromatic heterocycles. The molecule has 0 aromatic carbocycles. The molecule has 0 radical (unpaired) electrons. The number of nitrogens with one attached hydrogen (secondary N) is 1. The molecule has 0 atom stereocenters. The number of hydrogen-bond donors (Lipinski definition) is 1. The lowest BCUT2D eigenvalue weighted by molar-refractivity contribution is 0.392. The molecule has 0 heterocycles. The Bertz CT molecular complexity index is 157. The van der Waals surface area contributed by atoms with Crippen LogP contribution in [0.1, 0.15) is 13.3 Å². The monoisotopic (exact) mass is 157 g/mol. The van der Waals surface area contributed by atoms with Gasteiger partial charge in [-0.1, -0.05) is 6.92 Å². The standard InChI is InChI=1S/C7H15N3O/c1-5-6(11-4)9-7(8)10(2)3/h8H,5H2,1-4H3/b8-7?,9-6+. The van der Waals surface area contributed by atoms with Crippen LogP contribution in [0.2, 0.25) is 0 Å². The van der Waals surface area contributed by atoms with Gasteiger partial charge in [-0.25, -0.2) is 0 Å². The minimum absolute atomic E-state index is 0.212. The second kappa shape index (κ2) is 4.71. The van der Waals surface area contributed by atoms with Crippen molar-refractivity contribution in [3.05, 3.63) is 0 Å². The van der Waals surface area contributed by atoms with E-state index in [0.717, 1.165) is 0 Å². The topological polar surface area (TPSA) is 48.7 Å². The van der Waals surface area contributed by atoms with Crippen molar-refractivity contribution in [1.29, 1.82) is 5.41 Å². The Labute approximate surface area is 67.4 Å². The third-order valence-electron chi connectivity index (χ3n) is 1.19. The molecule has 0 saturated heterocycles. The van der Waals surface area contributed by atoms with Crippen molar-refractivity contribution in [2.75, 3.05) is 21.2 Å². The zero-order valence-electron chi connectivity index (χ0n) is 7.51. The summed E-state index contributed by atoms with van der Waals surface area (Å²) in [5.74, 6) is 0.799. The van der Waals surface area contributed by atoms with Gasteiger partial charge >= 0.3 is 0 Å². The zero-order valence-corrected chi connectivity index (χ0v) is 7.51. The number of ether oxygens (including phenoxy) is 1. The Kier molecular flexibility index (Phi) is 4.26. The molecule has 0 aliphatic rings. The summed E-state index contributed by atoms with van der Waals surface area (Å²) in [6.45, 7) is 1.94. The maximum Gasteiger partial charge on any atom is 0.220 e. The average molecular weight is 157 g/mol. The predicted octanol–water partition coefficient (Wildman–Crippen LogP) is 0.938. The Hall–Kier alpha value is -1.06. The molecule has 0 amide bonds. The number of hydrogen-bond acceptors (Lipinski definition) is 2. The molecule has 64 valence electrons. The highest BCUT2D eigenvalue weighted by atomic mass is 16.5. The molecule has 0 bridgehead atoms. The summed E-state index contributed by atoms with van der Waals surface area (Å²) in [6.07, 6.45) is 0.715. The number of nitrogens with zero attached hydrogens (tertiary/aromatic N) is 2. The van der Waals surface area contributed by atoms with Gasteiger partial charge < -0.3 is 9.64 Å². The van der Waals surface area contributed by atoms with E-state index in [2.05, 4.69) is 4.99 Å². The molecule has 1 N–H and O–H groups in total. The largest absolute Gasteiger partial charge is 0.484 e. The highest BCUT2D eigenvalue weighted by molar-refractivity contribution is 5.91. The van der Waals surface area contributed by atoms with Gasteiger partial charge in [0.15, 0.2) is 5.90 Å². The minimum atomic E-state index is 0.212. The van der Waals surface area contributed by atoms with Crippen LogP contribution in [-0.4, -0.2) is 38.0 Å². The van der Waals surface area contributed by atoms with Gasteiger partial charge in [-0.15, -0.1) is 0 Å². The first-order chi connectivity index (χ1) is 5.11. The van der Waals surface area contributed by atoms with E-state index in [1.165, 1.54) is 0 Å². The van der Waals surface area contributed by atoms with Crippen molar-refractivity contribution in [3.63, 3.8) is 0 Å². The van der Waals surface area contributed by atoms with Gasteiger partial charge in [0.2, 0.25) is 5.96 Å². The van der Waals surface area contributed by atoms with Crippen LogP contribution in [0.5, 0.6) is 0 Å². The van der Waals surface area contributed by atoms with Gasteiger partial charge in [0.1, 0.15) is 0 Å². The fourth-order valence-corrected chi connectivity index (χ4v) is 0.487. The molecule has 0 unspecified atom stereocenters. The Balaban J connectivity index is 4.15. The van der Waals surface area contributed by atoms with E-state index >= 15 is 0 Å². The molecule has 0 rings (SSSR count). The molecule has 0 spiro atoms. The smallest absolute Gasteiger partial charge is 0.220 e. The summed E-state index contributed by atoms with van der Waals surface area (Å²) >= 11 is 0. The summed E-state index contributed by atoms with van der Waals surface area (Å²) in [7, 11) is 5.11. The normalized spacial score (nSPS) is 11.1. The molecular formula is C7H15N3O. The summed E-state index contributed by atoms with van der Waals surface area (Å²) in [5, 5.41) is 7.34. The van der Waals surface area contributed by atoms with E-state index in [-0.39, 0.29) is 5.96 Å². The quantitative estimate of drug-likeness (QED) is 0.455. The van der Waals surface area contributed by atoms with Crippen LogP contribution in [0.25, 0.3) is 0 Å². The van der Waals surface area contributed by atoms with E-state index in [9.17, 15) is 0 Å². The second-order valence-corrected chi connectivity index (χ2v) is 2.28. The highest BCUT2D eigenvalue weighted by Crippen LogP contribution is 1.89. The van der Waals surface area contributed by atoms with Gasteiger partial charge in [-0.05, 0) is 0 Å². The van der Waals surface area contributed by atoms with Gasteiger partial charge in [0.25, 0.3) is 0 Å². The van der Waals surface area contributed by atoms with Gasteiger partial charge in [-0.2, -0.15) is 4.99 Å². The van der Waals surface area contributed by atoms with Gasteiger partial charge in [0, 0.05) is 20.5 Å². The van der Waals surface area contributed by atoms with Crippen molar-refractivity contribution >= 4 is 11.9 Å². The van der Waals surface area contributed by atoms with Crippen LogP contribution in [0, 0.1) is 5.41 Å². The third kappa shape index (κ3) is 3.60. The van der Waals surface area contributed by atoms with Gasteiger partial charge in [0.05, 0.1) is 7.11 Å². The van der Waals surface area contributed by atoms with Crippen molar-refractivity contribution in [3.8, 4) is 0 Å². The molecule has 0 fully saturated rings. The lowest BCUT2D eigenvalue weighted by atomic mass is 10.5. The summed E-state index contributed by atoms with van der Waals surface area (Å²) in [4.78, 5) is 5.54. The molecule has 0 aliphatic carbocycles. The molecule has 4 heteroatoms. The summed E-state index contributed by atoms with van der Waals surface area (Å²) < 4.78 is 4.90. The van der Waals surface area contributed by atoms with Crippen molar-refractivity contribution in [1.82, 2.24) is 4.90 Å². The van der Waals surface area contributed by atoms with E-state index in [4.69, 9.17) is 10.1 Å². The fourth-order valence-electron chi connectivity index (χ4n) is 0.487. The van der Waals surface area contributed by atoms with E-state index in [1.54, 1.807) is 26.1 Å². The third-order valence-corrected chi connectivity index (χ3v) is 1.19. The van der Waals surface area contributed by atoms with E-state index in [1.807, 2.05) is 6.92 Å². The number of rotatable bonds is 1. The predicted molar refractivity (Wildman–Crippen MR) is 46.1 cm³/mol. The van der Waals surface area contributed by atoms with E-state index < -0.39 is 0 Å². The Morgan fingerprint density at radius 1 is 1.55 bits per heavy atom. The molecule has 0 saturated carbocycles. The molecule has 11 heavy (non-hydrogen) atoms. The first-order valence-corrected chi connectivity index (χ1v) is 3.49. The Morgan fingerprint density at radius 2 is 2.09 bits per heavy atom. The summed E-state index contributed by atoms with van der Waals surface area (Å²) in [5.41, 5.74) is 0. The van der Waals surface area contributed by atoms with Crippen LogP contribution in [0.3, 0.4) is 0 Å².